The van der Waals surface area contributed by atoms with Crippen molar-refractivity contribution >= 4 is 55.8 Å². The van der Waals surface area contributed by atoms with Gasteiger partial charge in [-0.3, -0.25) is 4.72 Å². The number of aryl methyl sites for hydroxylation is 2. The van der Waals surface area contributed by atoms with Gasteiger partial charge in [-0.15, -0.1) is 0 Å². The lowest BCUT2D eigenvalue weighted by atomic mass is 10.2. The molecule has 174 valence electrons. The molecule has 0 aliphatic rings. The average molecular weight is 500 g/mol. The Balaban J connectivity index is 1.63. The zero-order chi connectivity index (χ0) is 23.5. The Morgan fingerprint density at radius 2 is 2.00 bits per heavy atom. The van der Waals surface area contributed by atoms with Crippen molar-refractivity contribution in [2.45, 2.75) is 45.8 Å². The van der Waals surface area contributed by atoms with Crippen molar-refractivity contribution in [1.29, 1.82) is 0 Å². The summed E-state index contributed by atoms with van der Waals surface area (Å²) in [7, 11) is -1.89. The SMILES string of the molecule is COC(C)c1nc2c(N)ncc(C)c2n1CCCCCS(=O)(=O)Nc1ccc(Cl)cc1Cl. The Kier molecular flexibility index (Phi) is 7.87. The van der Waals surface area contributed by atoms with Gasteiger partial charge in [0.1, 0.15) is 17.4 Å². The highest BCUT2D eigenvalue weighted by atomic mass is 35.5. The summed E-state index contributed by atoms with van der Waals surface area (Å²) >= 11 is 11.9. The van der Waals surface area contributed by atoms with E-state index in [9.17, 15) is 8.42 Å². The van der Waals surface area contributed by atoms with Gasteiger partial charge >= 0.3 is 0 Å². The average Bonchev–Trinajstić information content (AvgIpc) is 3.13. The number of rotatable bonds is 10. The highest BCUT2D eigenvalue weighted by Crippen LogP contribution is 2.29. The van der Waals surface area contributed by atoms with E-state index in [1.165, 1.54) is 6.07 Å². The number of fused-ring (bicyclic) bond motifs is 1. The lowest BCUT2D eigenvalue weighted by molar-refractivity contribution is 0.109. The first-order valence-electron chi connectivity index (χ1n) is 10.2. The molecule has 0 spiro atoms. The lowest BCUT2D eigenvalue weighted by Crippen LogP contribution is -2.17. The van der Waals surface area contributed by atoms with Crippen molar-refractivity contribution in [2.75, 3.05) is 23.3 Å². The van der Waals surface area contributed by atoms with Crippen LogP contribution in [0.4, 0.5) is 11.5 Å². The fourth-order valence-electron chi connectivity index (χ4n) is 3.51. The number of nitrogens with two attached hydrogens (primary N) is 1. The van der Waals surface area contributed by atoms with Crippen LogP contribution < -0.4 is 10.5 Å². The number of aromatic nitrogens is 3. The number of pyridine rings is 1. The van der Waals surface area contributed by atoms with Gasteiger partial charge in [0, 0.05) is 24.9 Å². The second-order valence-corrected chi connectivity index (χ2v) is 10.3. The standard InChI is InChI=1S/C21H27Cl2N5O3S/c1-13-12-25-20(24)18-19(13)28(21(26-18)14(2)31-3)9-5-4-6-10-32(29,30)27-17-8-7-15(22)11-16(17)23/h7-8,11-12,14,27H,4-6,9-10H2,1-3H3,(H2,24,25). The molecule has 1 unspecified atom stereocenters. The fourth-order valence-corrected chi connectivity index (χ4v) is 5.22. The number of nitrogens with zero attached hydrogens (tertiary/aromatic N) is 3. The van der Waals surface area contributed by atoms with E-state index in [1.54, 1.807) is 25.4 Å². The maximum Gasteiger partial charge on any atom is 0.232 e. The number of hydrogen-bond acceptors (Lipinski definition) is 6. The van der Waals surface area contributed by atoms with Crippen LogP contribution in [0.25, 0.3) is 11.0 Å². The quantitative estimate of drug-likeness (QED) is 0.381. The summed E-state index contributed by atoms with van der Waals surface area (Å²) in [6, 6.07) is 4.64. The number of hydrogen-bond donors (Lipinski definition) is 2. The zero-order valence-corrected chi connectivity index (χ0v) is 20.6. The first kappa shape index (κ1) is 24.6. The normalized spacial score (nSPS) is 12.9. The van der Waals surface area contributed by atoms with Gasteiger partial charge in [-0.25, -0.2) is 18.4 Å². The second-order valence-electron chi connectivity index (χ2n) is 7.63. The molecule has 0 saturated heterocycles. The van der Waals surface area contributed by atoms with Gasteiger partial charge in [0.15, 0.2) is 5.82 Å². The minimum absolute atomic E-state index is 0.00609. The van der Waals surface area contributed by atoms with Gasteiger partial charge in [0.25, 0.3) is 0 Å². The van der Waals surface area contributed by atoms with Crippen molar-refractivity contribution in [1.82, 2.24) is 14.5 Å². The number of anilines is 2. The second kappa shape index (κ2) is 10.2. The molecule has 8 nitrogen and oxygen atoms in total. The van der Waals surface area contributed by atoms with E-state index in [0.29, 0.717) is 35.0 Å². The summed E-state index contributed by atoms with van der Waals surface area (Å²) < 4.78 is 34.9. The Morgan fingerprint density at radius 1 is 1.25 bits per heavy atom. The number of nitrogens with one attached hydrogen (secondary N) is 1. The molecular formula is C21H27Cl2N5O3S. The van der Waals surface area contributed by atoms with E-state index in [2.05, 4.69) is 19.3 Å². The van der Waals surface area contributed by atoms with Crippen molar-refractivity contribution in [2.24, 2.45) is 0 Å². The minimum Gasteiger partial charge on any atom is -0.382 e. The van der Waals surface area contributed by atoms with Crippen molar-refractivity contribution < 1.29 is 13.2 Å². The van der Waals surface area contributed by atoms with Crippen molar-refractivity contribution in [3.05, 3.63) is 45.8 Å². The fraction of sp³-hybridized carbons (Fsp3) is 0.429. The van der Waals surface area contributed by atoms with E-state index in [-0.39, 0.29) is 16.9 Å². The van der Waals surface area contributed by atoms with Gasteiger partial charge in [0.05, 0.1) is 22.0 Å². The molecule has 0 aliphatic heterocycles. The van der Waals surface area contributed by atoms with Crippen LogP contribution >= 0.6 is 23.2 Å². The van der Waals surface area contributed by atoms with Crippen LogP contribution in [-0.4, -0.2) is 35.8 Å². The number of benzene rings is 1. The first-order valence-corrected chi connectivity index (χ1v) is 12.6. The van der Waals surface area contributed by atoms with Gasteiger partial charge in [-0.1, -0.05) is 29.6 Å². The van der Waals surface area contributed by atoms with Crippen LogP contribution in [0.5, 0.6) is 0 Å². The van der Waals surface area contributed by atoms with E-state index >= 15 is 0 Å². The molecule has 1 aromatic carbocycles. The van der Waals surface area contributed by atoms with Crippen LogP contribution in [0.1, 0.15) is 43.7 Å². The Morgan fingerprint density at radius 3 is 2.69 bits per heavy atom. The third kappa shape index (κ3) is 5.64. The molecule has 0 radical (unpaired) electrons. The lowest BCUT2D eigenvalue weighted by Gasteiger charge is -2.14. The number of unbranched alkanes of at least 4 members (excludes halogenated alkanes) is 2. The summed E-state index contributed by atoms with van der Waals surface area (Å²) in [5.41, 5.74) is 8.93. The minimum atomic E-state index is -3.52. The molecule has 2 aromatic heterocycles. The summed E-state index contributed by atoms with van der Waals surface area (Å²) in [4.78, 5) is 8.87. The van der Waals surface area contributed by atoms with Crippen LogP contribution in [0.15, 0.2) is 24.4 Å². The molecule has 0 bridgehead atoms. The van der Waals surface area contributed by atoms with E-state index < -0.39 is 10.0 Å². The number of ether oxygens (including phenoxy) is 1. The van der Waals surface area contributed by atoms with Crippen LogP contribution in [-0.2, 0) is 21.3 Å². The third-order valence-corrected chi connectivity index (χ3v) is 7.12. The molecule has 0 saturated carbocycles. The number of halogens is 2. The maximum absolute atomic E-state index is 12.4. The zero-order valence-electron chi connectivity index (χ0n) is 18.2. The van der Waals surface area contributed by atoms with Crippen LogP contribution in [0.2, 0.25) is 10.0 Å². The van der Waals surface area contributed by atoms with Crippen molar-refractivity contribution in [3.8, 4) is 0 Å². The predicted octanol–water partition coefficient (Wildman–Crippen LogP) is 4.95. The maximum atomic E-state index is 12.4. The summed E-state index contributed by atoms with van der Waals surface area (Å²) in [6.07, 6.45) is 3.51. The summed E-state index contributed by atoms with van der Waals surface area (Å²) in [5.74, 6) is 1.15. The molecule has 1 atom stereocenters. The summed E-state index contributed by atoms with van der Waals surface area (Å²) in [5, 5.41) is 0.705. The number of imidazole rings is 1. The molecule has 0 amide bonds. The molecule has 11 heteroatoms. The largest absolute Gasteiger partial charge is 0.382 e. The van der Waals surface area contributed by atoms with Gasteiger partial charge in [-0.05, 0) is 50.5 Å². The molecular weight excluding hydrogens is 473 g/mol. The van der Waals surface area contributed by atoms with Gasteiger partial charge in [0.2, 0.25) is 10.0 Å². The Bertz CT molecular complexity index is 1210. The monoisotopic (exact) mass is 499 g/mol. The number of nitrogen functional groups attached to an aromatic ring is 1. The third-order valence-electron chi connectivity index (χ3n) is 5.22. The van der Waals surface area contributed by atoms with Crippen molar-refractivity contribution in [3.63, 3.8) is 0 Å². The highest BCUT2D eigenvalue weighted by Gasteiger charge is 2.20. The molecule has 0 fully saturated rings. The van der Waals surface area contributed by atoms with Gasteiger partial charge < -0.3 is 15.0 Å². The molecule has 3 N–H and O–H groups in total. The number of sulfonamides is 1. The van der Waals surface area contributed by atoms with E-state index in [4.69, 9.17) is 33.7 Å². The molecule has 3 aromatic rings. The van der Waals surface area contributed by atoms with E-state index in [1.807, 2.05) is 13.8 Å². The summed E-state index contributed by atoms with van der Waals surface area (Å²) in [6.45, 7) is 4.56. The first-order chi connectivity index (χ1) is 15.1. The predicted molar refractivity (Wildman–Crippen MR) is 130 cm³/mol. The van der Waals surface area contributed by atoms with Crippen LogP contribution in [0, 0.1) is 6.92 Å². The van der Waals surface area contributed by atoms with E-state index in [0.717, 1.165) is 29.7 Å². The Hall–Kier alpha value is -2.07. The topological polar surface area (TPSA) is 112 Å². The highest BCUT2D eigenvalue weighted by molar-refractivity contribution is 7.92. The molecule has 32 heavy (non-hydrogen) atoms. The smallest absolute Gasteiger partial charge is 0.232 e. The molecule has 3 rings (SSSR count). The van der Waals surface area contributed by atoms with Gasteiger partial charge in [-0.2, -0.15) is 0 Å². The molecule has 0 aliphatic carbocycles. The molecule has 2 heterocycles. The van der Waals surface area contributed by atoms with Crippen LogP contribution in [0.3, 0.4) is 0 Å². The number of methoxy groups -OCH3 is 1. The Labute approximate surface area is 198 Å².